The first-order valence-electron chi connectivity index (χ1n) is 5.90. The van der Waals surface area contributed by atoms with Crippen LogP contribution in [-0.2, 0) is 4.79 Å². The van der Waals surface area contributed by atoms with Crippen LogP contribution in [0.3, 0.4) is 0 Å². The number of benzene rings is 1. The normalized spacial score (nSPS) is 10.6. The summed E-state index contributed by atoms with van der Waals surface area (Å²) in [6, 6.07) is 10.0. The predicted molar refractivity (Wildman–Crippen MR) is 73.6 cm³/mol. The lowest BCUT2D eigenvalue weighted by molar-refractivity contribution is -0.114. The Balaban J connectivity index is 1.95. The predicted octanol–water partition coefficient (Wildman–Crippen LogP) is 2.58. The number of carbonyl (C=O) groups is 1. The van der Waals surface area contributed by atoms with Crippen molar-refractivity contribution in [2.24, 2.45) is 0 Å². The highest BCUT2D eigenvalue weighted by molar-refractivity contribution is 5.87. The van der Waals surface area contributed by atoms with E-state index in [1.807, 2.05) is 30.3 Å². The van der Waals surface area contributed by atoms with Crippen molar-refractivity contribution < 1.29 is 4.79 Å². The summed E-state index contributed by atoms with van der Waals surface area (Å²) in [5.41, 5.74) is 2.71. The van der Waals surface area contributed by atoms with Gasteiger partial charge < -0.3 is 10.3 Å². The fraction of sp³-hybridized carbons (Fsp3) is 0.0714. The molecule has 0 fully saturated rings. The van der Waals surface area contributed by atoms with Crippen LogP contribution in [0.1, 0.15) is 6.92 Å². The molecule has 0 radical (unpaired) electrons. The average molecular weight is 252 g/mol. The Hall–Kier alpha value is -2.69. The summed E-state index contributed by atoms with van der Waals surface area (Å²) in [5, 5.41) is 3.72. The number of para-hydroxylation sites is 1. The molecule has 0 atom stereocenters. The van der Waals surface area contributed by atoms with Crippen molar-refractivity contribution >= 4 is 22.6 Å². The number of amides is 1. The average Bonchev–Trinajstić information content (AvgIpc) is 2.82. The Bertz CT molecular complexity index is 698. The van der Waals surface area contributed by atoms with Gasteiger partial charge in [-0.2, -0.15) is 0 Å². The molecule has 2 N–H and O–H groups in total. The second-order valence-electron chi connectivity index (χ2n) is 4.24. The second kappa shape index (κ2) is 4.53. The fourth-order valence-electron chi connectivity index (χ4n) is 1.92. The van der Waals surface area contributed by atoms with Gasteiger partial charge in [0.05, 0.1) is 18.1 Å². The van der Waals surface area contributed by atoms with Gasteiger partial charge in [0.15, 0.2) is 5.82 Å². The Morgan fingerprint density at radius 2 is 2.05 bits per heavy atom. The molecule has 0 aliphatic carbocycles. The van der Waals surface area contributed by atoms with Crippen molar-refractivity contribution in [1.29, 1.82) is 0 Å². The van der Waals surface area contributed by atoms with Crippen LogP contribution in [-0.4, -0.2) is 20.9 Å². The maximum absolute atomic E-state index is 10.9. The molecule has 3 aromatic rings. The summed E-state index contributed by atoms with van der Waals surface area (Å²) in [7, 11) is 0. The highest BCUT2D eigenvalue weighted by atomic mass is 16.1. The molecular weight excluding hydrogens is 240 g/mol. The number of rotatable bonds is 2. The number of aromatic nitrogens is 3. The SMILES string of the molecule is CC(=O)Nc1cnc(-c2cc3ccccc3[nH]2)cn1. The molecule has 3 rings (SSSR count). The maximum Gasteiger partial charge on any atom is 0.222 e. The molecule has 94 valence electrons. The lowest BCUT2D eigenvalue weighted by atomic mass is 10.2. The highest BCUT2D eigenvalue weighted by Crippen LogP contribution is 2.22. The largest absolute Gasteiger partial charge is 0.353 e. The molecule has 0 saturated carbocycles. The second-order valence-corrected chi connectivity index (χ2v) is 4.24. The number of anilines is 1. The zero-order valence-electron chi connectivity index (χ0n) is 10.3. The van der Waals surface area contributed by atoms with Crippen molar-refractivity contribution in [2.45, 2.75) is 6.92 Å². The minimum atomic E-state index is -0.160. The Morgan fingerprint density at radius 1 is 1.21 bits per heavy atom. The summed E-state index contributed by atoms with van der Waals surface area (Å²) in [6.45, 7) is 1.44. The standard InChI is InChI=1S/C14H12N4O/c1-9(19)17-14-8-15-13(7-16-14)12-6-10-4-2-3-5-11(10)18-12/h2-8,18H,1H3,(H,16,17,19). The van der Waals surface area contributed by atoms with E-state index in [1.165, 1.54) is 6.92 Å². The van der Waals surface area contributed by atoms with E-state index in [1.54, 1.807) is 12.4 Å². The lowest BCUT2D eigenvalue weighted by Gasteiger charge is -2.01. The van der Waals surface area contributed by atoms with E-state index in [0.717, 1.165) is 22.3 Å². The molecule has 5 nitrogen and oxygen atoms in total. The minimum absolute atomic E-state index is 0.160. The topological polar surface area (TPSA) is 70.7 Å². The van der Waals surface area contributed by atoms with E-state index in [-0.39, 0.29) is 5.91 Å². The number of aromatic amines is 1. The molecule has 19 heavy (non-hydrogen) atoms. The van der Waals surface area contributed by atoms with Gasteiger partial charge in [-0.3, -0.25) is 4.79 Å². The third kappa shape index (κ3) is 2.30. The minimum Gasteiger partial charge on any atom is -0.353 e. The number of fused-ring (bicyclic) bond motifs is 1. The molecule has 0 bridgehead atoms. The summed E-state index contributed by atoms with van der Waals surface area (Å²) in [4.78, 5) is 22.6. The molecule has 2 aromatic heterocycles. The smallest absolute Gasteiger partial charge is 0.222 e. The summed E-state index contributed by atoms with van der Waals surface area (Å²) < 4.78 is 0. The third-order valence-electron chi connectivity index (χ3n) is 2.76. The number of H-pyrrole nitrogens is 1. The van der Waals surface area contributed by atoms with E-state index in [2.05, 4.69) is 20.3 Å². The summed E-state index contributed by atoms with van der Waals surface area (Å²) in [6.07, 6.45) is 3.18. The van der Waals surface area contributed by atoms with Crippen LogP contribution in [0.15, 0.2) is 42.7 Å². The molecular formula is C14H12N4O. The zero-order valence-corrected chi connectivity index (χ0v) is 10.3. The van der Waals surface area contributed by atoms with E-state index in [9.17, 15) is 4.79 Å². The van der Waals surface area contributed by atoms with Gasteiger partial charge in [0.25, 0.3) is 0 Å². The summed E-state index contributed by atoms with van der Waals surface area (Å²) in [5.74, 6) is 0.292. The molecule has 0 aliphatic rings. The first-order chi connectivity index (χ1) is 9.22. The number of carbonyl (C=O) groups excluding carboxylic acids is 1. The first kappa shape index (κ1) is 11.4. The van der Waals surface area contributed by atoms with Gasteiger partial charge in [-0.05, 0) is 12.1 Å². The van der Waals surface area contributed by atoms with Gasteiger partial charge in [-0.15, -0.1) is 0 Å². The Morgan fingerprint density at radius 3 is 2.74 bits per heavy atom. The molecule has 0 unspecified atom stereocenters. The van der Waals surface area contributed by atoms with E-state index >= 15 is 0 Å². The van der Waals surface area contributed by atoms with Gasteiger partial charge in [0.1, 0.15) is 5.69 Å². The van der Waals surface area contributed by atoms with Crippen molar-refractivity contribution in [3.63, 3.8) is 0 Å². The van der Waals surface area contributed by atoms with Crippen LogP contribution >= 0.6 is 0 Å². The molecule has 0 saturated heterocycles. The quantitative estimate of drug-likeness (QED) is 0.736. The summed E-state index contributed by atoms with van der Waals surface area (Å²) >= 11 is 0. The first-order valence-corrected chi connectivity index (χ1v) is 5.90. The van der Waals surface area contributed by atoms with Gasteiger partial charge in [-0.1, -0.05) is 18.2 Å². The van der Waals surface area contributed by atoms with Crippen molar-refractivity contribution in [1.82, 2.24) is 15.0 Å². The fourth-order valence-corrected chi connectivity index (χ4v) is 1.92. The number of hydrogen-bond acceptors (Lipinski definition) is 3. The number of nitrogens with zero attached hydrogens (tertiary/aromatic N) is 2. The van der Waals surface area contributed by atoms with Gasteiger partial charge in [0.2, 0.25) is 5.91 Å². The number of hydrogen-bond donors (Lipinski definition) is 2. The molecule has 0 aliphatic heterocycles. The molecule has 5 heteroatoms. The molecule has 2 heterocycles. The third-order valence-corrected chi connectivity index (χ3v) is 2.76. The van der Waals surface area contributed by atoms with Crippen LogP contribution in [0.5, 0.6) is 0 Å². The lowest BCUT2D eigenvalue weighted by Crippen LogP contribution is -2.07. The Labute approximate surface area is 109 Å². The van der Waals surface area contributed by atoms with Crippen molar-refractivity contribution in [3.05, 3.63) is 42.7 Å². The molecule has 1 aromatic carbocycles. The van der Waals surface area contributed by atoms with Gasteiger partial charge in [0, 0.05) is 17.8 Å². The highest BCUT2D eigenvalue weighted by Gasteiger charge is 2.05. The molecule has 0 spiro atoms. The Kier molecular flexibility index (Phi) is 2.72. The van der Waals surface area contributed by atoms with Gasteiger partial charge >= 0.3 is 0 Å². The van der Waals surface area contributed by atoms with Crippen LogP contribution < -0.4 is 5.32 Å². The molecule has 1 amide bonds. The van der Waals surface area contributed by atoms with E-state index in [4.69, 9.17) is 0 Å². The van der Waals surface area contributed by atoms with Crippen LogP contribution in [0.4, 0.5) is 5.82 Å². The van der Waals surface area contributed by atoms with E-state index < -0.39 is 0 Å². The number of nitrogens with one attached hydrogen (secondary N) is 2. The van der Waals surface area contributed by atoms with Crippen molar-refractivity contribution in [2.75, 3.05) is 5.32 Å². The van der Waals surface area contributed by atoms with Crippen LogP contribution in [0, 0.1) is 0 Å². The van der Waals surface area contributed by atoms with E-state index in [0.29, 0.717) is 5.82 Å². The van der Waals surface area contributed by atoms with Gasteiger partial charge in [-0.25, -0.2) is 9.97 Å². The van der Waals surface area contributed by atoms with Crippen LogP contribution in [0.2, 0.25) is 0 Å². The zero-order chi connectivity index (χ0) is 13.2. The maximum atomic E-state index is 10.9. The van der Waals surface area contributed by atoms with Crippen molar-refractivity contribution in [3.8, 4) is 11.4 Å². The monoisotopic (exact) mass is 252 g/mol. The van der Waals surface area contributed by atoms with Crippen LogP contribution in [0.25, 0.3) is 22.3 Å².